The zero-order chi connectivity index (χ0) is 14.7. The predicted molar refractivity (Wildman–Crippen MR) is 83.2 cm³/mol. The van der Waals surface area contributed by atoms with Crippen LogP contribution in [0.15, 0.2) is 11.3 Å². The van der Waals surface area contributed by atoms with E-state index in [0.717, 1.165) is 43.6 Å². The Kier molecular flexibility index (Phi) is 4.41. The van der Waals surface area contributed by atoms with Crippen molar-refractivity contribution in [3.63, 3.8) is 0 Å². The maximum absolute atomic E-state index is 4.47. The highest BCUT2D eigenvalue weighted by Crippen LogP contribution is 2.35. The molecule has 1 saturated heterocycles. The van der Waals surface area contributed by atoms with Gasteiger partial charge in [0.1, 0.15) is 12.2 Å². The monoisotopic (exact) mass is 290 g/mol. The first-order valence-corrected chi connectivity index (χ1v) is 8.15. The van der Waals surface area contributed by atoms with E-state index in [0.29, 0.717) is 12.0 Å². The van der Waals surface area contributed by atoms with Crippen molar-refractivity contribution in [2.75, 3.05) is 20.1 Å². The summed E-state index contributed by atoms with van der Waals surface area (Å²) in [7, 11) is 1.89. The Morgan fingerprint density at radius 1 is 1.48 bits per heavy atom. The van der Waals surface area contributed by atoms with Crippen LogP contribution in [0.4, 0.5) is 0 Å². The fourth-order valence-electron chi connectivity index (χ4n) is 3.35. The Balaban J connectivity index is 1.49. The molecule has 21 heavy (non-hydrogen) atoms. The summed E-state index contributed by atoms with van der Waals surface area (Å²) in [5.41, 5.74) is 0. The van der Waals surface area contributed by atoms with Crippen LogP contribution >= 0.6 is 0 Å². The number of aliphatic imine (C=N–C) groups is 1. The Morgan fingerprint density at radius 3 is 2.90 bits per heavy atom. The van der Waals surface area contributed by atoms with E-state index in [1.807, 2.05) is 7.05 Å². The molecule has 2 atom stereocenters. The van der Waals surface area contributed by atoms with Crippen molar-refractivity contribution in [3.05, 3.63) is 12.2 Å². The molecule has 0 amide bonds. The van der Waals surface area contributed by atoms with Crippen LogP contribution in [0, 0.1) is 5.92 Å². The van der Waals surface area contributed by atoms with Gasteiger partial charge in [-0.25, -0.2) is 4.98 Å². The van der Waals surface area contributed by atoms with Crippen molar-refractivity contribution in [2.24, 2.45) is 10.9 Å². The van der Waals surface area contributed by atoms with Gasteiger partial charge in [0.15, 0.2) is 5.96 Å². The minimum Gasteiger partial charge on any atom is -0.353 e. The summed E-state index contributed by atoms with van der Waals surface area (Å²) in [4.78, 5) is 11.1. The molecule has 1 aromatic heterocycles. The molecule has 3 rings (SSSR count). The fraction of sp³-hybridized carbons (Fsp3) is 0.800. The van der Waals surface area contributed by atoms with Crippen molar-refractivity contribution in [1.82, 2.24) is 25.4 Å². The van der Waals surface area contributed by atoms with Crippen LogP contribution in [0.3, 0.4) is 0 Å². The van der Waals surface area contributed by atoms with E-state index in [4.69, 9.17) is 0 Å². The van der Waals surface area contributed by atoms with Gasteiger partial charge < -0.3 is 10.2 Å². The maximum atomic E-state index is 4.47. The normalized spacial score (nSPS) is 27.0. The second-order valence-corrected chi connectivity index (χ2v) is 6.21. The van der Waals surface area contributed by atoms with Gasteiger partial charge in [0.25, 0.3) is 0 Å². The number of hydrogen-bond acceptors (Lipinski definition) is 3. The summed E-state index contributed by atoms with van der Waals surface area (Å²) in [6.07, 6.45) is 7.74. The lowest BCUT2D eigenvalue weighted by Crippen LogP contribution is -2.46. The van der Waals surface area contributed by atoms with Gasteiger partial charge in [-0.05, 0) is 31.6 Å². The predicted octanol–water partition coefficient (Wildman–Crippen LogP) is 1.75. The summed E-state index contributed by atoms with van der Waals surface area (Å²) >= 11 is 0. The molecule has 6 heteroatoms. The lowest BCUT2D eigenvalue weighted by molar-refractivity contribution is 0.298. The number of aromatic amines is 1. The molecule has 116 valence electrons. The number of guanidine groups is 1. The average molecular weight is 290 g/mol. The highest BCUT2D eigenvalue weighted by molar-refractivity contribution is 5.80. The van der Waals surface area contributed by atoms with Crippen molar-refractivity contribution in [3.8, 4) is 0 Å². The topological polar surface area (TPSA) is 69.2 Å². The number of likely N-dealkylation sites (tertiary alicyclic amines) is 1. The van der Waals surface area contributed by atoms with Gasteiger partial charge in [0, 0.05) is 32.1 Å². The first-order chi connectivity index (χ1) is 10.3. The largest absolute Gasteiger partial charge is 0.353 e. The highest BCUT2D eigenvalue weighted by Gasteiger charge is 2.37. The standard InChI is InChI=1S/C15H26N6/c1-3-4-12-9-13(12)19-15(16-2)21-7-5-11(6-8-21)14-17-10-18-20-14/h10-13H,3-9H2,1-2H3,(H,16,19)(H,17,18,20). The lowest BCUT2D eigenvalue weighted by atomic mass is 9.96. The van der Waals surface area contributed by atoms with Gasteiger partial charge >= 0.3 is 0 Å². The van der Waals surface area contributed by atoms with Crippen LogP contribution in [-0.2, 0) is 0 Å². The van der Waals surface area contributed by atoms with Crippen LogP contribution in [0.5, 0.6) is 0 Å². The third kappa shape index (κ3) is 3.36. The van der Waals surface area contributed by atoms with Crippen molar-refractivity contribution in [1.29, 1.82) is 0 Å². The van der Waals surface area contributed by atoms with Crippen LogP contribution in [0.2, 0.25) is 0 Å². The summed E-state index contributed by atoms with van der Waals surface area (Å²) in [5, 5.41) is 10.6. The van der Waals surface area contributed by atoms with E-state index in [1.54, 1.807) is 6.33 Å². The van der Waals surface area contributed by atoms with Crippen molar-refractivity contribution < 1.29 is 0 Å². The number of aromatic nitrogens is 3. The van der Waals surface area contributed by atoms with Crippen LogP contribution in [-0.4, -0.2) is 52.2 Å². The van der Waals surface area contributed by atoms with E-state index >= 15 is 0 Å². The molecule has 0 spiro atoms. The van der Waals surface area contributed by atoms with Crippen LogP contribution < -0.4 is 5.32 Å². The summed E-state index contributed by atoms with van der Waals surface area (Å²) < 4.78 is 0. The molecule has 2 N–H and O–H groups in total. The van der Waals surface area contributed by atoms with Crippen molar-refractivity contribution >= 4 is 5.96 Å². The summed E-state index contributed by atoms with van der Waals surface area (Å²) in [5.74, 6) is 3.48. The second kappa shape index (κ2) is 6.45. The zero-order valence-electron chi connectivity index (χ0n) is 13.0. The van der Waals surface area contributed by atoms with Gasteiger partial charge in [-0.3, -0.25) is 10.1 Å². The van der Waals surface area contributed by atoms with Gasteiger partial charge in [0.2, 0.25) is 0 Å². The minimum atomic E-state index is 0.510. The average Bonchev–Trinajstić information content (AvgIpc) is 3.03. The Labute approximate surface area is 126 Å². The Morgan fingerprint density at radius 2 is 2.29 bits per heavy atom. The molecule has 1 aliphatic heterocycles. The van der Waals surface area contributed by atoms with E-state index in [-0.39, 0.29) is 0 Å². The third-order valence-electron chi connectivity index (χ3n) is 4.72. The first-order valence-electron chi connectivity index (χ1n) is 8.15. The van der Waals surface area contributed by atoms with E-state index in [1.165, 1.54) is 19.3 Å². The summed E-state index contributed by atoms with van der Waals surface area (Å²) in [6, 6.07) is 0.649. The molecule has 6 nitrogen and oxygen atoms in total. The van der Waals surface area contributed by atoms with Gasteiger partial charge in [-0.2, -0.15) is 5.10 Å². The number of H-pyrrole nitrogens is 1. The number of hydrogen-bond donors (Lipinski definition) is 2. The zero-order valence-corrected chi connectivity index (χ0v) is 13.0. The number of nitrogens with zero attached hydrogens (tertiary/aromatic N) is 4. The molecule has 2 unspecified atom stereocenters. The molecule has 1 aromatic rings. The Bertz CT molecular complexity index is 461. The summed E-state index contributed by atoms with van der Waals surface area (Å²) in [6.45, 7) is 4.34. The molecule has 1 aliphatic carbocycles. The fourth-order valence-corrected chi connectivity index (χ4v) is 3.35. The molecule has 2 fully saturated rings. The number of rotatable bonds is 4. The molecule has 2 aliphatic rings. The quantitative estimate of drug-likeness (QED) is 0.655. The first kappa shape index (κ1) is 14.4. The highest BCUT2D eigenvalue weighted by atomic mass is 15.3. The molecule has 0 aromatic carbocycles. The molecular formula is C15H26N6. The number of piperidine rings is 1. The van der Waals surface area contributed by atoms with E-state index in [2.05, 4.69) is 37.3 Å². The smallest absolute Gasteiger partial charge is 0.193 e. The Hall–Kier alpha value is -1.59. The van der Waals surface area contributed by atoms with Crippen LogP contribution in [0.1, 0.15) is 50.8 Å². The molecule has 2 heterocycles. The molecular weight excluding hydrogens is 264 g/mol. The molecule has 0 bridgehead atoms. The second-order valence-electron chi connectivity index (χ2n) is 6.21. The molecule has 0 radical (unpaired) electrons. The van der Waals surface area contributed by atoms with Crippen LogP contribution in [0.25, 0.3) is 0 Å². The number of nitrogens with one attached hydrogen (secondary N) is 2. The SMILES string of the molecule is CCCC1CC1NC(=NC)N1CCC(c2ncn[nH]2)CC1. The molecule has 1 saturated carbocycles. The van der Waals surface area contributed by atoms with E-state index in [9.17, 15) is 0 Å². The van der Waals surface area contributed by atoms with E-state index < -0.39 is 0 Å². The third-order valence-corrected chi connectivity index (χ3v) is 4.72. The van der Waals surface area contributed by atoms with Gasteiger partial charge in [-0.15, -0.1) is 0 Å². The minimum absolute atomic E-state index is 0.510. The lowest BCUT2D eigenvalue weighted by Gasteiger charge is -2.33. The van der Waals surface area contributed by atoms with Gasteiger partial charge in [-0.1, -0.05) is 13.3 Å². The van der Waals surface area contributed by atoms with Gasteiger partial charge in [0.05, 0.1) is 0 Å². The van der Waals surface area contributed by atoms with Crippen molar-refractivity contribution in [2.45, 2.75) is 51.0 Å². The maximum Gasteiger partial charge on any atom is 0.193 e.